The lowest BCUT2D eigenvalue weighted by atomic mass is 10.1. The second kappa shape index (κ2) is 7.75. The minimum atomic E-state index is 0.103. The number of nitrogens with zero attached hydrogens (tertiary/aromatic N) is 1. The maximum atomic E-state index is 11.6. The van der Waals surface area contributed by atoms with Gasteiger partial charge in [-0.05, 0) is 30.2 Å². The Hall–Kier alpha value is -1.51. The molecule has 0 saturated heterocycles. The summed E-state index contributed by atoms with van der Waals surface area (Å²) in [6.45, 7) is 10.6. The summed E-state index contributed by atoms with van der Waals surface area (Å²) in [5.74, 6) is 0.956. The Morgan fingerprint density at radius 2 is 1.72 bits per heavy atom. The Morgan fingerprint density at radius 1 is 1.17 bits per heavy atom. The van der Waals surface area contributed by atoms with Crippen LogP contribution in [0.4, 0.5) is 0 Å². The molecule has 1 aromatic carbocycles. The Morgan fingerprint density at radius 3 is 2.22 bits per heavy atom. The molecule has 102 valence electrons. The summed E-state index contributed by atoms with van der Waals surface area (Å²) < 4.78 is 5.21. The Balaban J connectivity index is 0.000000659. The van der Waals surface area contributed by atoms with Crippen molar-refractivity contribution in [3.8, 4) is 5.75 Å². The minimum absolute atomic E-state index is 0.103. The van der Waals surface area contributed by atoms with E-state index in [1.807, 2.05) is 53.8 Å². The molecule has 0 saturated carbocycles. The van der Waals surface area contributed by atoms with Crippen LogP contribution in [0.2, 0.25) is 0 Å². The summed E-state index contributed by atoms with van der Waals surface area (Å²) in [5.41, 5.74) is 2.88. The number of hydrogen-bond donors (Lipinski definition) is 0. The minimum Gasteiger partial charge on any atom is -0.496 e. The van der Waals surface area contributed by atoms with Crippen molar-refractivity contribution >= 4 is 5.91 Å². The number of hydrogen-bond acceptors (Lipinski definition) is 2. The van der Waals surface area contributed by atoms with Crippen LogP contribution in [0.5, 0.6) is 5.75 Å². The largest absolute Gasteiger partial charge is 0.496 e. The molecular weight excluding hydrogens is 226 g/mol. The highest BCUT2D eigenvalue weighted by atomic mass is 16.5. The number of methoxy groups -OCH3 is 1. The molecule has 0 fully saturated rings. The highest BCUT2D eigenvalue weighted by Gasteiger charge is 2.25. The van der Waals surface area contributed by atoms with Gasteiger partial charge in [0.05, 0.1) is 7.11 Å². The second-order valence-corrected chi connectivity index (χ2v) is 3.64. The fourth-order valence-corrected chi connectivity index (χ4v) is 1.81. The quantitative estimate of drug-likeness (QED) is 0.762. The fraction of sp³-hybridized carbons (Fsp3) is 0.533. The van der Waals surface area contributed by atoms with Gasteiger partial charge in [0.15, 0.2) is 0 Å². The molecule has 3 nitrogen and oxygen atoms in total. The molecule has 0 aliphatic carbocycles. The van der Waals surface area contributed by atoms with Crippen molar-refractivity contribution in [1.29, 1.82) is 0 Å². The monoisotopic (exact) mass is 251 g/mol. The van der Waals surface area contributed by atoms with E-state index in [9.17, 15) is 4.79 Å². The molecule has 2 rings (SSSR count). The lowest BCUT2D eigenvalue weighted by Crippen LogP contribution is -2.17. The first-order valence-electron chi connectivity index (χ1n) is 6.56. The molecule has 3 heteroatoms. The summed E-state index contributed by atoms with van der Waals surface area (Å²) in [4.78, 5) is 13.3. The zero-order chi connectivity index (χ0) is 14.3. The average molecular weight is 251 g/mol. The molecule has 0 N–H and O–H groups in total. The molecule has 0 unspecified atom stereocenters. The molecular formula is C15H25NO2. The van der Waals surface area contributed by atoms with Gasteiger partial charge >= 0.3 is 0 Å². The van der Waals surface area contributed by atoms with E-state index in [4.69, 9.17) is 4.74 Å². The van der Waals surface area contributed by atoms with Gasteiger partial charge < -0.3 is 9.64 Å². The van der Waals surface area contributed by atoms with Crippen LogP contribution in [0, 0.1) is 6.92 Å². The molecule has 0 atom stereocenters. The van der Waals surface area contributed by atoms with Crippen LogP contribution in [0.1, 0.15) is 49.2 Å². The standard InChI is InChI=1S/C11H13NO2.2C2H6/c1-7-4-9-8(5-10(7)14-3)6-12(2)11(9)13;2*1-2/h4-5H,6H2,1-3H3;2*1-2H3. The van der Waals surface area contributed by atoms with Crippen LogP contribution in [-0.2, 0) is 6.54 Å². The molecule has 1 amide bonds. The highest BCUT2D eigenvalue weighted by molar-refractivity contribution is 5.98. The third kappa shape index (κ3) is 3.25. The first-order chi connectivity index (χ1) is 8.63. The molecule has 1 heterocycles. The number of rotatable bonds is 1. The Bertz CT molecular complexity index is 400. The van der Waals surface area contributed by atoms with Gasteiger partial charge in [-0.15, -0.1) is 0 Å². The smallest absolute Gasteiger partial charge is 0.254 e. The third-order valence-electron chi connectivity index (χ3n) is 2.61. The second-order valence-electron chi connectivity index (χ2n) is 3.64. The van der Waals surface area contributed by atoms with E-state index in [-0.39, 0.29) is 5.91 Å². The van der Waals surface area contributed by atoms with Crippen molar-refractivity contribution in [3.05, 3.63) is 28.8 Å². The lowest BCUT2D eigenvalue weighted by molar-refractivity contribution is 0.0816. The number of benzene rings is 1. The molecule has 1 aliphatic heterocycles. The van der Waals surface area contributed by atoms with Gasteiger partial charge in [0.1, 0.15) is 5.75 Å². The van der Waals surface area contributed by atoms with Gasteiger partial charge in [0.2, 0.25) is 0 Å². The highest BCUT2D eigenvalue weighted by Crippen LogP contribution is 2.28. The Labute approximate surface area is 111 Å². The van der Waals surface area contributed by atoms with Gasteiger partial charge in [0, 0.05) is 19.2 Å². The fourth-order valence-electron chi connectivity index (χ4n) is 1.81. The van der Waals surface area contributed by atoms with Crippen LogP contribution in [-0.4, -0.2) is 25.0 Å². The van der Waals surface area contributed by atoms with Gasteiger partial charge in [-0.2, -0.15) is 0 Å². The predicted molar refractivity (Wildman–Crippen MR) is 76.2 cm³/mol. The number of ether oxygens (including phenoxy) is 1. The molecule has 0 bridgehead atoms. The summed E-state index contributed by atoms with van der Waals surface area (Å²) in [5, 5.41) is 0. The van der Waals surface area contributed by atoms with Gasteiger partial charge in [-0.3, -0.25) is 4.79 Å². The number of aryl methyl sites for hydroxylation is 1. The summed E-state index contributed by atoms with van der Waals surface area (Å²) in [7, 11) is 3.46. The van der Waals surface area contributed by atoms with Gasteiger partial charge in [-0.1, -0.05) is 27.7 Å². The van der Waals surface area contributed by atoms with Crippen LogP contribution in [0.25, 0.3) is 0 Å². The zero-order valence-electron chi connectivity index (χ0n) is 12.6. The first kappa shape index (κ1) is 16.5. The number of fused-ring (bicyclic) bond motifs is 1. The van der Waals surface area contributed by atoms with Crippen molar-refractivity contribution in [1.82, 2.24) is 4.90 Å². The number of amides is 1. The third-order valence-corrected chi connectivity index (χ3v) is 2.61. The van der Waals surface area contributed by atoms with E-state index in [1.54, 1.807) is 12.0 Å². The molecule has 1 aliphatic rings. The molecule has 0 spiro atoms. The van der Waals surface area contributed by atoms with Crippen molar-refractivity contribution in [2.24, 2.45) is 0 Å². The lowest BCUT2D eigenvalue weighted by Gasteiger charge is -2.05. The summed E-state index contributed by atoms with van der Waals surface area (Å²) >= 11 is 0. The summed E-state index contributed by atoms with van der Waals surface area (Å²) in [6, 6.07) is 3.85. The van der Waals surface area contributed by atoms with E-state index in [1.165, 1.54) is 0 Å². The van der Waals surface area contributed by atoms with Crippen molar-refractivity contribution in [2.45, 2.75) is 41.2 Å². The van der Waals surface area contributed by atoms with E-state index in [2.05, 4.69) is 0 Å². The molecule has 1 aromatic rings. The molecule has 0 aromatic heterocycles. The van der Waals surface area contributed by atoms with Crippen LogP contribution < -0.4 is 4.74 Å². The van der Waals surface area contributed by atoms with Gasteiger partial charge in [-0.25, -0.2) is 0 Å². The van der Waals surface area contributed by atoms with Crippen molar-refractivity contribution in [2.75, 3.05) is 14.2 Å². The molecule has 0 radical (unpaired) electrons. The van der Waals surface area contributed by atoms with Crippen molar-refractivity contribution in [3.63, 3.8) is 0 Å². The molecule has 18 heavy (non-hydrogen) atoms. The number of carbonyl (C=O) groups is 1. The van der Waals surface area contributed by atoms with Crippen LogP contribution >= 0.6 is 0 Å². The van der Waals surface area contributed by atoms with E-state index < -0.39 is 0 Å². The maximum absolute atomic E-state index is 11.6. The summed E-state index contributed by atoms with van der Waals surface area (Å²) in [6.07, 6.45) is 0. The van der Waals surface area contributed by atoms with Crippen LogP contribution in [0.15, 0.2) is 12.1 Å². The number of carbonyl (C=O) groups excluding carboxylic acids is 1. The normalized spacial score (nSPS) is 11.9. The Kier molecular flexibility index (Phi) is 7.10. The topological polar surface area (TPSA) is 29.5 Å². The van der Waals surface area contributed by atoms with E-state index in [0.29, 0.717) is 6.54 Å². The SMILES string of the molecule is CC.CC.COc1cc2c(cc1C)C(=O)N(C)C2. The maximum Gasteiger partial charge on any atom is 0.254 e. The van der Waals surface area contributed by atoms with E-state index in [0.717, 1.165) is 22.4 Å². The van der Waals surface area contributed by atoms with Crippen LogP contribution in [0.3, 0.4) is 0 Å². The first-order valence-corrected chi connectivity index (χ1v) is 6.56. The van der Waals surface area contributed by atoms with E-state index >= 15 is 0 Å². The predicted octanol–water partition coefficient (Wildman–Crippen LogP) is 3.64. The zero-order valence-corrected chi connectivity index (χ0v) is 12.6. The van der Waals surface area contributed by atoms with Gasteiger partial charge in [0.25, 0.3) is 5.91 Å². The average Bonchev–Trinajstić information content (AvgIpc) is 2.69. The van der Waals surface area contributed by atoms with Crippen molar-refractivity contribution < 1.29 is 9.53 Å².